The fourth-order valence-corrected chi connectivity index (χ4v) is 2.44. The molecule has 1 aliphatic carbocycles. The molecule has 0 radical (unpaired) electrons. The molecule has 1 aliphatic heterocycles. The molecule has 0 amide bonds. The highest BCUT2D eigenvalue weighted by molar-refractivity contribution is 5.76. The minimum absolute atomic E-state index is 0.0854. The third kappa shape index (κ3) is 2.32. The third-order valence-corrected chi connectivity index (χ3v) is 3.71. The minimum atomic E-state index is -0.716. The van der Waals surface area contributed by atoms with E-state index in [1.165, 1.54) is 0 Å². The average Bonchev–Trinajstić information content (AvgIpc) is 3.20. The number of carbonyl (C=O) groups is 1. The molecule has 1 fully saturated rings. The van der Waals surface area contributed by atoms with E-state index < -0.39 is 5.97 Å². The van der Waals surface area contributed by atoms with Crippen molar-refractivity contribution in [3.63, 3.8) is 0 Å². The normalized spacial score (nSPS) is 24.5. The smallest absolute Gasteiger partial charge is 0.308 e. The molecule has 0 bridgehead atoms. The van der Waals surface area contributed by atoms with Crippen LogP contribution in [-0.4, -0.2) is 37.4 Å². The number of hydrogen-bond donors (Lipinski definition) is 1. The van der Waals surface area contributed by atoms with Crippen LogP contribution in [0.5, 0.6) is 11.5 Å². The zero-order valence-electron chi connectivity index (χ0n) is 10.8. The van der Waals surface area contributed by atoms with Crippen LogP contribution in [0.3, 0.4) is 0 Å². The Balaban J connectivity index is 1.78. The van der Waals surface area contributed by atoms with E-state index >= 15 is 0 Å². The molecular formula is C14H17NO4. The van der Waals surface area contributed by atoms with Crippen LogP contribution < -0.4 is 14.4 Å². The predicted molar refractivity (Wildman–Crippen MR) is 70.0 cm³/mol. The molecular weight excluding hydrogens is 246 g/mol. The molecule has 1 aromatic carbocycles. The van der Waals surface area contributed by atoms with Gasteiger partial charge in [-0.2, -0.15) is 0 Å². The fraction of sp³-hybridized carbons (Fsp3) is 0.500. The van der Waals surface area contributed by atoms with Gasteiger partial charge in [0.05, 0.1) is 19.1 Å². The van der Waals surface area contributed by atoms with E-state index in [1.807, 2.05) is 30.1 Å². The van der Waals surface area contributed by atoms with Gasteiger partial charge < -0.3 is 19.5 Å². The second-order valence-electron chi connectivity index (χ2n) is 5.04. The van der Waals surface area contributed by atoms with Gasteiger partial charge in [-0.05, 0) is 18.6 Å². The Kier molecular flexibility index (Phi) is 2.97. The Morgan fingerprint density at radius 1 is 1.32 bits per heavy atom. The zero-order valence-corrected chi connectivity index (χ0v) is 10.8. The Bertz CT molecular complexity index is 502. The molecule has 2 unspecified atom stereocenters. The predicted octanol–water partition coefficient (Wildman–Crippen LogP) is 1.76. The van der Waals surface area contributed by atoms with Gasteiger partial charge in [-0.1, -0.05) is 0 Å². The summed E-state index contributed by atoms with van der Waals surface area (Å²) in [5, 5.41) is 8.98. The van der Waals surface area contributed by atoms with E-state index in [4.69, 9.17) is 14.6 Å². The SMILES string of the molecule is CN(c1ccc2c(c1)OCCCO2)C1CC1C(=O)O. The summed E-state index contributed by atoms with van der Waals surface area (Å²) in [5.41, 5.74) is 0.970. The highest BCUT2D eigenvalue weighted by Crippen LogP contribution is 2.40. The topological polar surface area (TPSA) is 59.0 Å². The number of carboxylic acids is 1. The summed E-state index contributed by atoms with van der Waals surface area (Å²) >= 11 is 0. The van der Waals surface area contributed by atoms with Crippen molar-refractivity contribution in [2.24, 2.45) is 5.92 Å². The molecule has 19 heavy (non-hydrogen) atoms. The largest absolute Gasteiger partial charge is 0.490 e. The number of rotatable bonds is 3. The summed E-state index contributed by atoms with van der Waals surface area (Å²) in [6, 6.07) is 5.86. The monoisotopic (exact) mass is 263 g/mol. The first-order valence-corrected chi connectivity index (χ1v) is 6.52. The van der Waals surface area contributed by atoms with Crippen molar-refractivity contribution in [3.05, 3.63) is 18.2 Å². The van der Waals surface area contributed by atoms with Crippen molar-refractivity contribution in [1.29, 1.82) is 0 Å². The van der Waals surface area contributed by atoms with Crippen LogP contribution in [0.15, 0.2) is 18.2 Å². The first-order chi connectivity index (χ1) is 9.16. The first-order valence-electron chi connectivity index (χ1n) is 6.52. The number of hydrogen-bond acceptors (Lipinski definition) is 4. The molecule has 1 heterocycles. The number of ether oxygens (including phenoxy) is 2. The van der Waals surface area contributed by atoms with Crippen molar-refractivity contribution < 1.29 is 19.4 Å². The molecule has 0 saturated heterocycles. The van der Waals surface area contributed by atoms with Gasteiger partial charge in [0.25, 0.3) is 0 Å². The van der Waals surface area contributed by atoms with Crippen LogP contribution in [0.25, 0.3) is 0 Å². The van der Waals surface area contributed by atoms with Crippen LogP contribution in [0, 0.1) is 5.92 Å². The van der Waals surface area contributed by atoms with Gasteiger partial charge in [-0.15, -0.1) is 0 Å². The van der Waals surface area contributed by atoms with Gasteiger partial charge in [0.15, 0.2) is 11.5 Å². The van der Waals surface area contributed by atoms with E-state index in [-0.39, 0.29) is 12.0 Å². The molecule has 2 aliphatic rings. The minimum Gasteiger partial charge on any atom is -0.490 e. The van der Waals surface area contributed by atoms with Gasteiger partial charge in [0.2, 0.25) is 0 Å². The van der Waals surface area contributed by atoms with Crippen molar-refractivity contribution in [2.45, 2.75) is 18.9 Å². The van der Waals surface area contributed by atoms with Gasteiger partial charge in [-0.25, -0.2) is 0 Å². The lowest BCUT2D eigenvalue weighted by Gasteiger charge is -2.20. The molecule has 0 spiro atoms. The summed E-state index contributed by atoms with van der Waals surface area (Å²) < 4.78 is 11.2. The molecule has 0 aromatic heterocycles. The molecule has 2 atom stereocenters. The van der Waals surface area contributed by atoms with Gasteiger partial charge in [-0.3, -0.25) is 4.79 Å². The maximum absolute atomic E-state index is 10.9. The number of fused-ring (bicyclic) bond motifs is 1. The summed E-state index contributed by atoms with van der Waals surface area (Å²) in [7, 11) is 1.92. The van der Waals surface area contributed by atoms with Gasteiger partial charge in [0, 0.05) is 31.3 Å². The number of aliphatic carboxylic acids is 1. The summed E-state index contributed by atoms with van der Waals surface area (Å²) in [4.78, 5) is 12.9. The Morgan fingerprint density at radius 3 is 2.74 bits per heavy atom. The first kappa shape index (κ1) is 12.1. The summed E-state index contributed by atoms with van der Waals surface area (Å²) in [6.07, 6.45) is 1.59. The zero-order chi connectivity index (χ0) is 13.4. The Hall–Kier alpha value is -1.91. The highest BCUT2D eigenvalue weighted by Gasteiger charge is 2.46. The molecule has 102 valence electrons. The number of benzene rings is 1. The maximum Gasteiger partial charge on any atom is 0.308 e. The van der Waals surface area contributed by atoms with E-state index in [9.17, 15) is 4.79 Å². The Morgan fingerprint density at radius 2 is 2.05 bits per heavy atom. The van der Waals surface area contributed by atoms with E-state index in [0.717, 1.165) is 23.6 Å². The molecule has 5 heteroatoms. The quantitative estimate of drug-likeness (QED) is 0.900. The highest BCUT2D eigenvalue weighted by atomic mass is 16.5. The second-order valence-corrected chi connectivity index (χ2v) is 5.04. The molecule has 3 rings (SSSR count). The van der Waals surface area contributed by atoms with E-state index in [2.05, 4.69) is 0 Å². The lowest BCUT2D eigenvalue weighted by Crippen LogP contribution is -2.23. The van der Waals surface area contributed by atoms with Crippen molar-refractivity contribution in [2.75, 3.05) is 25.2 Å². The second kappa shape index (κ2) is 4.64. The number of nitrogens with zero attached hydrogens (tertiary/aromatic N) is 1. The summed E-state index contributed by atoms with van der Waals surface area (Å²) in [6.45, 7) is 1.33. The standard InChI is InChI=1S/C14H17NO4/c1-15(11-8-10(11)14(16)17)9-3-4-12-13(7-9)19-6-2-5-18-12/h3-4,7,10-11H,2,5-6,8H2,1H3,(H,16,17). The summed E-state index contributed by atoms with van der Waals surface area (Å²) in [5.74, 6) is 0.543. The van der Waals surface area contributed by atoms with Crippen LogP contribution >= 0.6 is 0 Å². The van der Waals surface area contributed by atoms with Crippen LogP contribution in [0.2, 0.25) is 0 Å². The van der Waals surface area contributed by atoms with E-state index in [0.29, 0.717) is 19.6 Å². The molecule has 5 nitrogen and oxygen atoms in total. The van der Waals surface area contributed by atoms with Crippen molar-refractivity contribution in [3.8, 4) is 11.5 Å². The van der Waals surface area contributed by atoms with Crippen LogP contribution in [-0.2, 0) is 4.79 Å². The molecule has 1 aromatic rings. The van der Waals surface area contributed by atoms with Gasteiger partial charge in [0.1, 0.15) is 0 Å². The number of carboxylic acid groups (broad SMARTS) is 1. The third-order valence-electron chi connectivity index (χ3n) is 3.71. The lowest BCUT2D eigenvalue weighted by atomic mass is 10.2. The van der Waals surface area contributed by atoms with Crippen LogP contribution in [0.1, 0.15) is 12.8 Å². The van der Waals surface area contributed by atoms with Crippen molar-refractivity contribution >= 4 is 11.7 Å². The fourth-order valence-electron chi connectivity index (χ4n) is 2.44. The Labute approximate surface area is 111 Å². The van der Waals surface area contributed by atoms with E-state index in [1.54, 1.807) is 0 Å². The lowest BCUT2D eigenvalue weighted by molar-refractivity contribution is -0.138. The van der Waals surface area contributed by atoms with Gasteiger partial charge >= 0.3 is 5.97 Å². The molecule has 1 saturated carbocycles. The number of anilines is 1. The van der Waals surface area contributed by atoms with Crippen LogP contribution in [0.4, 0.5) is 5.69 Å². The van der Waals surface area contributed by atoms with Crippen molar-refractivity contribution in [1.82, 2.24) is 0 Å². The maximum atomic E-state index is 10.9. The molecule has 1 N–H and O–H groups in total. The average molecular weight is 263 g/mol.